The molecule has 3 aromatic rings. The first-order valence-electron chi connectivity index (χ1n) is 9.38. The van der Waals surface area contributed by atoms with Gasteiger partial charge in [-0.2, -0.15) is 0 Å². The van der Waals surface area contributed by atoms with E-state index in [0.29, 0.717) is 31.2 Å². The Morgan fingerprint density at radius 2 is 1.79 bits per heavy atom. The van der Waals surface area contributed by atoms with Gasteiger partial charge >= 0.3 is 0 Å². The summed E-state index contributed by atoms with van der Waals surface area (Å²) in [4.78, 5) is 12.9. The van der Waals surface area contributed by atoms with E-state index in [-0.39, 0.29) is 32.6 Å². The van der Waals surface area contributed by atoms with Gasteiger partial charge in [0.1, 0.15) is 28.2 Å². The molecule has 2 heterocycles. The van der Waals surface area contributed by atoms with Crippen LogP contribution in [0.3, 0.4) is 0 Å². The highest BCUT2D eigenvalue weighted by molar-refractivity contribution is 6.33. The maximum absolute atomic E-state index is 14.8. The summed E-state index contributed by atoms with van der Waals surface area (Å²) in [6.45, 7) is 3.58. The summed E-state index contributed by atoms with van der Waals surface area (Å²) >= 11 is 12.6. The van der Waals surface area contributed by atoms with Gasteiger partial charge in [0.15, 0.2) is 0 Å². The molecule has 4 rings (SSSR count). The zero-order valence-corrected chi connectivity index (χ0v) is 17.3. The number of aromatic nitrogens is 2. The third-order valence-electron chi connectivity index (χ3n) is 4.80. The van der Waals surface area contributed by atoms with Crippen LogP contribution >= 0.6 is 23.2 Å². The van der Waals surface area contributed by atoms with E-state index in [1.54, 1.807) is 33.6 Å². The Kier molecular flexibility index (Phi) is 5.56. The second kappa shape index (κ2) is 8.13. The van der Waals surface area contributed by atoms with Crippen molar-refractivity contribution in [1.82, 2.24) is 9.36 Å². The highest BCUT2D eigenvalue weighted by Crippen LogP contribution is 2.38. The molecule has 1 aliphatic rings. The minimum absolute atomic E-state index is 0.0646. The molecule has 0 aliphatic carbocycles. The SMILES string of the molecule is CCOc1cccc(Oc2cc(-c3c(Cl)n4n(c3=O)CCCC4)c(F)cc2Cl)c1. The number of hydrogen-bond acceptors (Lipinski definition) is 3. The van der Waals surface area contributed by atoms with Crippen LogP contribution in [0.2, 0.25) is 10.2 Å². The van der Waals surface area contributed by atoms with Gasteiger partial charge in [0.05, 0.1) is 17.2 Å². The molecule has 1 aliphatic heterocycles. The first-order chi connectivity index (χ1) is 14.0. The summed E-state index contributed by atoms with van der Waals surface area (Å²) in [6, 6.07) is 9.59. The highest BCUT2D eigenvalue weighted by Gasteiger charge is 2.25. The van der Waals surface area contributed by atoms with E-state index in [1.165, 1.54) is 6.07 Å². The van der Waals surface area contributed by atoms with Gasteiger partial charge in [0.2, 0.25) is 0 Å². The fourth-order valence-corrected chi connectivity index (χ4v) is 4.02. The van der Waals surface area contributed by atoms with Crippen molar-refractivity contribution in [1.29, 1.82) is 0 Å². The summed E-state index contributed by atoms with van der Waals surface area (Å²) in [6.07, 6.45) is 1.80. The number of fused-ring (bicyclic) bond motifs is 1. The molecule has 0 saturated heterocycles. The lowest BCUT2D eigenvalue weighted by Gasteiger charge is -2.17. The lowest BCUT2D eigenvalue weighted by atomic mass is 10.1. The number of benzene rings is 2. The molecular weight excluding hydrogens is 418 g/mol. The molecule has 0 spiro atoms. The van der Waals surface area contributed by atoms with Gasteiger partial charge in [0.25, 0.3) is 5.56 Å². The Bertz CT molecular complexity index is 1120. The highest BCUT2D eigenvalue weighted by atomic mass is 35.5. The van der Waals surface area contributed by atoms with Crippen molar-refractivity contribution in [2.45, 2.75) is 32.9 Å². The molecule has 8 heteroatoms. The molecule has 0 amide bonds. The molecule has 0 fully saturated rings. The van der Waals surface area contributed by atoms with Crippen molar-refractivity contribution in [3.05, 3.63) is 62.7 Å². The summed E-state index contributed by atoms with van der Waals surface area (Å²) in [5.74, 6) is 0.716. The Morgan fingerprint density at radius 3 is 2.52 bits per heavy atom. The normalized spacial score (nSPS) is 13.2. The Labute approximate surface area is 177 Å². The van der Waals surface area contributed by atoms with Crippen molar-refractivity contribution < 1.29 is 13.9 Å². The minimum atomic E-state index is -0.632. The van der Waals surface area contributed by atoms with Crippen LogP contribution in [0.15, 0.2) is 41.2 Å². The van der Waals surface area contributed by atoms with E-state index < -0.39 is 5.82 Å². The molecule has 1 aromatic heterocycles. The van der Waals surface area contributed by atoms with Gasteiger partial charge in [0, 0.05) is 24.7 Å². The predicted molar refractivity (Wildman–Crippen MR) is 111 cm³/mol. The largest absolute Gasteiger partial charge is 0.494 e. The van der Waals surface area contributed by atoms with E-state index >= 15 is 0 Å². The molecule has 0 atom stereocenters. The second-order valence-corrected chi connectivity index (χ2v) is 7.46. The molecule has 29 heavy (non-hydrogen) atoms. The van der Waals surface area contributed by atoms with Crippen molar-refractivity contribution in [3.63, 3.8) is 0 Å². The van der Waals surface area contributed by atoms with Crippen molar-refractivity contribution in [2.24, 2.45) is 0 Å². The maximum Gasteiger partial charge on any atom is 0.276 e. The smallest absolute Gasteiger partial charge is 0.276 e. The topological polar surface area (TPSA) is 45.4 Å². The number of nitrogens with zero attached hydrogens (tertiary/aromatic N) is 2. The maximum atomic E-state index is 14.8. The van der Waals surface area contributed by atoms with E-state index in [1.807, 2.05) is 6.92 Å². The summed E-state index contributed by atoms with van der Waals surface area (Å²) < 4.78 is 29.3. The molecule has 0 N–H and O–H groups in total. The van der Waals surface area contributed by atoms with Gasteiger partial charge in [-0.1, -0.05) is 29.3 Å². The zero-order valence-electron chi connectivity index (χ0n) is 15.8. The molecular formula is C21H19Cl2FN2O3. The molecule has 0 bridgehead atoms. The van der Waals surface area contributed by atoms with Crippen LogP contribution in [0.5, 0.6) is 17.2 Å². The predicted octanol–water partition coefficient (Wildman–Crippen LogP) is 5.75. The van der Waals surface area contributed by atoms with E-state index in [2.05, 4.69) is 0 Å². The summed E-state index contributed by atoms with van der Waals surface area (Å²) in [5, 5.41) is 0.313. The third kappa shape index (κ3) is 3.74. The number of hydrogen-bond donors (Lipinski definition) is 0. The van der Waals surface area contributed by atoms with Crippen LogP contribution in [0.25, 0.3) is 11.1 Å². The van der Waals surface area contributed by atoms with Crippen LogP contribution in [0.4, 0.5) is 4.39 Å². The van der Waals surface area contributed by atoms with E-state index in [0.717, 1.165) is 18.9 Å². The van der Waals surface area contributed by atoms with Gasteiger partial charge in [-0.05, 0) is 44.0 Å². The minimum Gasteiger partial charge on any atom is -0.494 e. The third-order valence-corrected chi connectivity index (χ3v) is 5.48. The second-order valence-electron chi connectivity index (χ2n) is 6.70. The van der Waals surface area contributed by atoms with Crippen LogP contribution in [-0.2, 0) is 13.1 Å². The summed E-state index contributed by atoms with van der Waals surface area (Å²) in [5.41, 5.74) is -0.134. The first-order valence-corrected chi connectivity index (χ1v) is 10.1. The Balaban J connectivity index is 1.77. The molecule has 0 unspecified atom stereocenters. The number of ether oxygens (including phenoxy) is 2. The van der Waals surface area contributed by atoms with Crippen LogP contribution in [0.1, 0.15) is 19.8 Å². The average Bonchev–Trinajstić information content (AvgIpc) is 2.96. The lowest BCUT2D eigenvalue weighted by molar-refractivity contribution is 0.338. The lowest BCUT2D eigenvalue weighted by Crippen LogP contribution is -2.27. The Morgan fingerprint density at radius 1 is 1.07 bits per heavy atom. The van der Waals surface area contributed by atoms with E-state index in [9.17, 15) is 9.18 Å². The van der Waals surface area contributed by atoms with Gasteiger partial charge in [-0.3, -0.25) is 9.48 Å². The van der Waals surface area contributed by atoms with Gasteiger partial charge in [-0.15, -0.1) is 0 Å². The Hall–Kier alpha value is -2.44. The van der Waals surface area contributed by atoms with Crippen LogP contribution in [-0.4, -0.2) is 16.0 Å². The zero-order chi connectivity index (χ0) is 20.5. The quantitative estimate of drug-likeness (QED) is 0.511. The number of rotatable bonds is 5. The fourth-order valence-electron chi connectivity index (χ4n) is 3.47. The van der Waals surface area contributed by atoms with Crippen molar-refractivity contribution in [2.75, 3.05) is 6.61 Å². The standard InChI is InChI=1S/C21H19Cl2FN2O3/c1-2-28-13-6-5-7-14(10-13)29-18-11-15(17(24)12-16(18)22)19-20(23)25-8-3-4-9-26(25)21(19)27/h5-7,10-12H,2-4,8-9H2,1H3. The van der Waals surface area contributed by atoms with Crippen LogP contribution in [0, 0.1) is 5.82 Å². The summed E-state index contributed by atoms with van der Waals surface area (Å²) in [7, 11) is 0. The first kappa shape index (κ1) is 19.9. The molecule has 2 aromatic carbocycles. The molecule has 0 saturated carbocycles. The van der Waals surface area contributed by atoms with Crippen molar-refractivity contribution >= 4 is 23.2 Å². The monoisotopic (exact) mass is 436 g/mol. The molecule has 152 valence electrons. The fraction of sp³-hybridized carbons (Fsp3) is 0.286. The number of halogens is 3. The van der Waals surface area contributed by atoms with E-state index in [4.69, 9.17) is 32.7 Å². The van der Waals surface area contributed by atoms with Crippen LogP contribution < -0.4 is 15.0 Å². The van der Waals surface area contributed by atoms with Gasteiger partial charge < -0.3 is 9.47 Å². The van der Waals surface area contributed by atoms with Gasteiger partial charge in [-0.25, -0.2) is 9.07 Å². The molecule has 0 radical (unpaired) electrons. The average molecular weight is 437 g/mol. The molecule has 5 nitrogen and oxygen atoms in total. The van der Waals surface area contributed by atoms with Crippen molar-refractivity contribution in [3.8, 4) is 28.4 Å².